The van der Waals surface area contributed by atoms with Crippen LogP contribution in [0.5, 0.6) is 0 Å². The SMILES string of the molecule is Ic1ccc(C2=C3C=CC(=N3)C(c3ccc(I)cc3)=c3ccc([nH]3)=C(c3ccc(I)cc3)C3=NC(=C(c4ccc(I)cc4)c4cc2c[nH]4)C=C3)cc1. The number of fused-ring (bicyclic) bond motifs is 6. The van der Waals surface area contributed by atoms with E-state index in [1.807, 2.05) is 0 Å². The Kier molecular flexibility index (Phi) is 9.42. The maximum atomic E-state index is 5.41. The molecule has 2 N–H and O–H groups in total. The number of nitrogens with zero attached hydrogens (tertiary/aromatic N) is 2. The Morgan fingerprint density at radius 1 is 0.385 bits per heavy atom. The molecule has 0 fully saturated rings. The summed E-state index contributed by atoms with van der Waals surface area (Å²) in [6.07, 6.45) is 10.7. The molecule has 5 heterocycles. The number of halogens is 4. The number of aromatic amines is 2. The standard InChI is InChI=1S/C44H26I4N4/c45-30-9-1-25(2-10-30)41-29-23-40(49-24-29)44(28-7-15-33(48)16-8-28)39-22-21-38(52-39)43(27-5-13-32(47)14-6-27)37-20-19-36(51-37)42(35-18-17-34(41)50-35)26-3-11-31(46)12-4-26/h1-24,49,51H. The number of aromatic nitrogens is 2. The van der Waals surface area contributed by atoms with Crippen LogP contribution in [0.2, 0.25) is 0 Å². The third kappa shape index (κ3) is 6.60. The average Bonchev–Trinajstić information content (AvgIpc) is 3.99. The van der Waals surface area contributed by atoms with E-state index in [2.05, 4.69) is 246 Å². The van der Waals surface area contributed by atoms with Crippen molar-refractivity contribution >= 4 is 124 Å². The number of nitrogens with one attached hydrogen (secondary N) is 2. The topological polar surface area (TPSA) is 56.3 Å². The van der Waals surface area contributed by atoms with Crippen LogP contribution in [0.25, 0.3) is 22.3 Å². The molecule has 8 heteroatoms. The fourth-order valence-corrected chi connectivity index (χ4v) is 8.34. The van der Waals surface area contributed by atoms with E-state index >= 15 is 0 Å². The number of H-pyrrole nitrogens is 2. The molecule has 9 rings (SSSR count). The highest BCUT2D eigenvalue weighted by molar-refractivity contribution is 14.1. The minimum atomic E-state index is 0.905. The summed E-state index contributed by atoms with van der Waals surface area (Å²) >= 11 is 9.46. The molecule has 3 aliphatic heterocycles. The van der Waals surface area contributed by atoms with Crippen molar-refractivity contribution in [2.45, 2.75) is 0 Å². The van der Waals surface area contributed by atoms with Gasteiger partial charge in [0.1, 0.15) is 0 Å². The highest BCUT2D eigenvalue weighted by Gasteiger charge is 2.23. The Labute approximate surface area is 355 Å². The predicted octanol–water partition coefficient (Wildman–Crippen LogP) is 10.4. The molecule has 3 aliphatic rings. The summed E-state index contributed by atoms with van der Waals surface area (Å²) in [5.74, 6) is 0. The van der Waals surface area contributed by atoms with Gasteiger partial charge < -0.3 is 9.97 Å². The lowest BCUT2D eigenvalue weighted by Crippen LogP contribution is -2.21. The fourth-order valence-electron chi connectivity index (χ4n) is 6.90. The van der Waals surface area contributed by atoms with Gasteiger partial charge in [-0.1, -0.05) is 48.5 Å². The Hall–Kier alpha value is -3.60. The van der Waals surface area contributed by atoms with Crippen molar-refractivity contribution in [2.24, 2.45) is 9.98 Å². The van der Waals surface area contributed by atoms with Gasteiger partial charge in [0, 0.05) is 64.7 Å². The third-order valence-corrected chi connectivity index (χ3v) is 12.2. The highest BCUT2D eigenvalue weighted by atomic mass is 127. The lowest BCUT2D eigenvalue weighted by Gasteiger charge is -2.11. The molecular formula is C44H26I4N4. The van der Waals surface area contributed by atoms with E-state index in [-0.39, 0.29) is 0 Å². The number of hydrogen-bond acceptors (Lipinski definition) is 2. The molecular weight excluding hydrogens is 1090 g/mol. The Morgan fingerprint density at radius 3 is 1.21 bits per heavy atom. The van der Waals surface area contributed by atoms with Crippen LogP contribution in [0.1, 0.15) is 33.5 Å². The molecule has 0 atom stereocenters. The van der Waals surface area contributed by atoms with Crippen LogP contribution < -0.4 is 10.7 Å². The van der Waals surface area contributed by atoms with Crippen LogP contribution in [0, 0.1) is 14.3 Å². The second-order valence-corrected chi connectivity index (χ2v) is 17.5. The first-order chi connectivity index (χ1) is 25.4. The molecule has 52 heavy (non-hydrogen) atoms. The largest absolute Gasteiger partial charge is 0.360 e. The molecule has 4 aromatic carbocycles. The summed E-state index contributed by atoms with van der Waals surface area (Å²) in [5, 5.41) is 1.99. The molecule has 0 aliphatic carbocycles. The van der Waals surface area contributed by atoms with Gasteiger partial charge in [0.15, 0.2) is 0 Å². The molecule has 4 nitrogen and oxygen atoms in total. The van der Waals surface area contributed by atoms with Crippen LogP contribution in [0.3, 0.4) is 0 Å². The molecule has 2 aromatic heterocycles. The molecule has 0 spiro atoms. The van der Waals surface area contributed by atoms with Gasteiger partial charge in [-0.05, 0) is 204 Å². The smallest absolute Gasteiger partial charge is 0.0737 e. The number of rotatable bonds is 4. The second-order valence-electron chi connectivity index (χ2n) is 12.5. The maximum Gasteiger partial charge on any atom is 0.0737 e. The molecule has 6 aromatic rings. The Balaban J connectivity index is 1.41. The zero-order valence-corrected chi connectivity index (χ0v) is 35.9. The van der Waals surface area contributed by atoms with Crippen molar-refractivity contribution < 1.29 is 0 Å². The monoisotopic (exact) mass is 1120 g/mol. The van der Waals surface area contributed by atoms with Crippen molar-refractivity contribution in [3.05, 3.63) is 216 Å². The van der Waals surface area contributed by atoms with Gasteiger partial charge in [0.05, 0.1) is 22.8 Å². The van der Waals surface area contributed by atoms with Crippen molar-refractivity contribution in [1.29, 1.82) is 0 Å². The maximum absolute atomic E-state index is 5.41. The summed E-state index contributed by atoms with van der Waals surface area (Å²) in [7, 11) is 0. The predicted molar refractivity (Wildman–Crippen MR) is 248 cm³/mol. The number of benzene rings is 4. The quantitative estimate of drug-likeness (QED) is 0.165. The summed E-state index contributed by atoms with van der Waals surface area (Å²) in [4.78, 5) is 18.3. The van der Waals surface area contributed by atoms with Crippen molar-refractivity contribution in [3.8, 4) is 0 Å². The lowest BCUT2D eigenvalue weighted by atomic mass is 9.96. The normalized spacial score (nSPS) is 15.2. The molecule has 0 saturated heterocycles. The number of hydrogen-bond donors (Lipinski definition) is 2. The Bertz CT molecular complexity index is 2530. The fraction of sp³-hybridized carbons (Fsp3) is 0. The first-order valence-corrected chi connectivity index (χ1v) is 20.9. The minimum Gasteiger partial charge on any atom is -0.360 e. The van der Waals surface area contributed by atoms with Gasteiger partial charge in [0.2, 0.25) is 0 Å². The van der Waals surface area contributed by atoms with Crippen molar-refractivity contribution in [2.75, 3.05) is 0 Å². The summed E-state index contributed by atoms with van der Waals surface area (Å²) in [6.45, 7) is 0. The molecule has 8 bridgehead atoms. The van der Waals surface area contributed by atoms with Crippen LogP contribution in [0.15, 0.2) is 167 Å². The minimum absolute atomic E-state index is 0.905. The average molecular weight is 1120 g/mol. The third-order valence-electron chi connectivity index (χ3n) is 9.30. The van der Waals surface area contributed by atoms with E-state index < -0.39 is 0 Å². The molecule has 0 saturated carbocycles. The lowest BCUT2D eigenvalue weighted by molar-refractivity contribution is 1.25. The highest BCUT2D eigenvalue weighted by Crippen LogP contribution is 2.37. The van der Waals surface area contributed by atoms with Crippen molar-refractivity contribution in [3.63, 3.8) is 0 Å². The molecule has 0 amide bonds. The van der Waals surface area contributed by atoms with Gasteiger partial charge in [-0.15, -0.1) is 0 Å². The first-order valence-electron chi connectivity index (χ1n) is 16.6. The van der Waals surface area contributed by atoms with Gasteiger partial charge >= 0.3 is 0 Å². The zero-order valence-electron chi connectivity index (χ0n) is 27.3. The summed E-state index contributed by atoms with van der Waals surface area (Å²) in [6, 6.07) is 41.3. The van der Waals surface area contributed by atoms with E-state index in [1.54, 1.807) is 0 Å². The van der Waals surface area contributed by atoms with Crippen LogP contribution in [-0.4, -0.2) is 21.4 Å². The molecule has 0 unspecified atom stereocenters. The number of allylic oxidation sites excluding steroid dienone is 4. The van der Waals surface area contributed by atoms with Crippen LogP contribution in [0.4, 0.5) is 0 Å². The van der Waals surface area contributed by atoms with Gasteiger partial charge in [-0.2, -0.15) is 0 Å². The first kappa shape index (κ1) is 34.2. The van der Waals surface area contributed by atoms with Crippen LogP contribution in [-0.2, 0) is 0 Å². The molecule has 250 valence electrons. The second kappa shape index (κ2) is 14.3. The Morgan fingerprint density at radius 2 is 0.769 bits per heavy atom. The van der Waals surface area contributed by atoms with E-state index in [0.717, 1.165) is 89.3 Å². The van der Waals surface area contributed by atoms with E-state index in [0.29, 0.717) is 0 Å². The van der Waals surface area contributed by atoms with Crippen LogP contribution >= 0.6 is 90.4 Å². The van der Waals surface area contributed by atoms with Crippen molar-refractivity contribution in [1.82, 2.24) is 9.97 Å². The van der Waals surface area contributed by atoms with Gasteiger partial charge in [0.25, 0.3) is 0 Å². The van der Waals surface area contributed by atoms with Gasteiger partial charge in [-0.25, -0.2) is 9.98 Å². The molecule has 0 radical (unpaired) electrons. The summed E-state index contributed by atoms with van der Waals surface area (Å²) < 4.78 is 4.74. The van der Waals surface area contributed by atoms with E-state index in [4.69, 9.17) is 9.98 Å². The number of aliphatic imine (C=N–C) groups is 2. The van der Waals surface area contributed by atoms with E-state index in [9.17, 15) is 0 Å². The van der Waals surface area contributed by atoms with Gasteiger partial charge in [-0.3, -0.25) is 0 Å². The zero-order chi connectivity index (χ0) is 35.3. The van der Waals surface area contributed by atoms with E-state index in [1.165, 1.54) is 14.3 Å². The summed E-state index contributed by atoms with van der Waals surface area (Å²) in [5.41, 5.74) is 14.3.